The molecule has 0 saturated carbocycles. The molecule has 2 rings (SSSR count). The number of nitrogens with zero attached hydrogens (tertiary/aromatic N) is 1. The lowest BCUT2D eigenvalue weighted by atomic mass is 10.1. The van der Waals surface area contributed by atoms with Crippen LogP contribution in [0.15, 0.2) is 12.1 Å². The Hall–Kier alpha value is -1.84. The van der Waals surface area contributed by atoms with E-state index in [0.717, 1.165) is 43.3 Å². The number of likely N-dealkylation sites (tertiary alicyclic amines) is 1. The second-order valence-corrected chi connectivity index (χ2v) is 5.33. The quantitative estimate of drug-likeness (QED) is 0.793. The predicted octanol–water partition coefficient (Wildman–Crippen LogP) is 2.51. The fourth-order valence-corrected chi connectivity index (χ4v) is 2.65. The number of carbonyl (C=O) groups excluding carboxylic acids is 2. The van der Waals surface area contributed by atoms with E-state index in [1.807, 2.05) is 18.7 Å². The molecule has 0 aliphatic carbocycles. The summed E-state index contributed by atoms with van der Waals surface area (Å²) in [5.41, 5.74) is 2.41. The van der Waals surface area contributed by atoms with Crippen LogP contribution in [0.3, 0.4) is 0 Å². The number of piperidine rings is 1. The maximum atomic E-state index is 12.1. The van der Waals surface area contributed by atoms with Gasteiger partial charge in [-0.05, 0) is 56.4 Å². The van der Waals surface area contributed by atoms with Crippen molar-refractivity contribution >= 4 is 12.2 Å². The molecule has 4 heteroatoms. The van der Waals surface area contributed by atoms with Crippen molar-refractivity contribution in [1.82, 2.24) is 4.90 Å². The third-order valence-electron chi connectivity index (χ3n) is 3.67. The Morgan fingerprint density at radius 2 is 1.80 bits per heavy atom. The summed E-state index contributed by atoms with van der Waals surface area (Å²) in [5, 5.41) is 0. The molecule has 0 radical (unpaired) electrons. The molecule has 0 N–H and O–H groups in total. The van der Waals surface area contributed by atoms with Gasteiger partial charge in [0.15, 0.2) is 6.61 Å². The first-order valence-electron chi connectivity index (χ1n) is 7.09. The van der Waals surface area contributed by atoms with E-state index in [1.165, 1.54) is 6.42 Å². The zero-order valence-corrected chi connectivity index (χ0v) is 12.1. The van der Waals surface area contributed by atoms with Crippen molar-refractivity contribution in [3.8, 4) is 5.75 Å². The second kappa shape index (κ2) is 6.55. The molecule has 0 aromatic heterocycles. The third kappa shape index (κ3) is 3.38. The number of hydrogen-bond acceptors (Lipinski definition) is 3. The number of amides is 1. The Morgan fingerprint density at radius 1 is 1.20 bits per heavy atom. The number of ether oxygens (including phenoxy) is 1. The molecule has 0 bridgehead atoms. The zero-order valence-electron chi connectivity index (χ0n) is 12.1. The van der Waals surface area contributed by atoms with Gasteiger partial charge >= 0.3 is 0 Å². The van der Waals surface area contributed by atoms with Crippen LogP contribution in [0.4, 0.5) is 0 Å². The fraction of sp³-hybridized carbons (Fsp3) is 0.500. The molecule has 4 nitrogen and oxygen atoms in total. The monoisotopic (exact) mass is 275 g/mol. The lowest BCUT2D eigenvalue weighted by Crippen LogP contribution is -2.38. The van der Waals surface area contributed by atoms with E-state index in [-0.39, 0.29) is 12.5 Å². The molecule has 1 aromatic rings. The van der Waals surface area contributed by atoms with Crippen LogP contribution in [0.5, 0.6) is 5.75 Å². The van der Waals surface area contributed by atoms with Gasteiger partial charge in [0.2, 0.25) is 0 Å². The summed E-state index contributed by atoms with van der Waals surface area (Å²) in [6.45, 7) is 5.53. The van der Waals surface area contributed by atoms with Crippen LogP contribution in [0, 0.1) is 13.8 Å². The third-order valence-corrected chi connectivity index (χ3v) is 3.67. The van der Waals surface area contributed by atoms with Crippen molar-refractivity contribution in [2.75, 3.05) is 19.7 Å². The van der Waals surface area contributed by atoms with Gasteiger partial charge in [-0.1, -0.05) is 0 Å². The molecule has 0 spiro atoms. The number of benzene rings is 1. The SMILES string of the molecule is Cc1cc(C=O)cc(C)c1OCC(=O)N1CCCCC1. The van der Waals surface area contributed by atoms with Gasteiger partial charge in [0.25, 0.3) is 5.91 Å². The molecule has 108 valence electrons. The summed E-state index contributed by atoms with van der Waals surface area (Å²) in [6, 6.07) is 3.56. The van der Waals surface area contributed by atoms with Gasteiger partial charge in [0.1, 0.15) is 12.0 Å². The van der Waals surface area contributed by atoms with Crippen molar-refractivity contribution in [1.29, 1.82) is 0 Å². The molecule has 0 atom stereocenters. The number of hydrogen-bond donors (Lipinski definition) is 0. The predicted molar refractivity (Wildman–Crippen MR) is 77.2 cm³/mol. The molecule has 1 heterocycles. The zero-order chi connectivity index (χ0) is 14.5. The van der Waals surface area contributed by atoms with E-state index in [4.69, 9.17) is 4.74 Å². The highest BCUT2D eigenvalue weighted by atomic mass is 16.5. The Kier molecular flexibility index (Phi) is 4.77. The topological polar surface area (TPSA) is 46.6 Å². The van der Waals surface area contributed by atoms with E-state index in [1.54, 1.807) is 12.1 Å². The highest BCUT2D eigenvalue weighted by Gasteiger charge is 2.17. The molecule has 1 fully saturated rings. The van der Waals surface area contributed by atoms with E-state index in [9.17, 15) is 9.59 Å². The smallest absolute Gasteiger partial charge is 0.260 e. The van der Waals surface area contributed by atoms with Gasteiger partial charge < -0.3 is 9.64 Å². The van der Waals surface area contributed by atoms with Gasteiger partial charge in [-0.25, -0.2) is 0 Å². The van der Waals surface area contributed by atoms with Gasteiger partial charge in [0.05, 0.1) is 0 Å². The fourth-order valence-electron chi connectivity index (χ4n) is 2.65. The van der Waals surface area contributed by atoms with E-state index < -0.39 is 0 Å². The molecule has 1 aliphatic heterocycles. The van der Waals surface area contributed by atoms with Crippen LogP contribution in [-0.4, -0.2) is 36.8 Å². The molecule has 1 saturated heterocycles. The van der Waals surface area contributed by atoms with Crippen LogP contribution in [-0.2, 0) is 4.79 Å². The minimum atomic E-state index is 0.0444. The Labute approximate surface area is 119 Å². The second-order valence-electron chi connectivity index (χ2n) is 5.33. The number of aldehydes is 1. The number of rotatable bonds is 4. The largest absolute Gasteiger partial charge is 0.483 e. The Balaban J connectivity index is 2.00. The molecular weight excluding hydrogens is 254 g/mol. The van der Waals surface area contributed by atoms with Crippen molar-refractivity contribution in [2.45, 2.75) is 33.1 Å². The number of carbonyl (C=O) groups is 2. The molecule has 0 unspecified atom stereocenters. The van der Waals surface area contributed by atoms with Crippen LogP contribution in [0.1, 0.15) is 40.7 Å². The summed E-state index contributed by atoms with van der Waals surface area (Å²) in [5.74, 6) is 0.754. The maximum absolute atomic E-state index is 12.1. The summed E-state index contributed by atoms with van der Waals surface area (Å²) in [4.78, 5) is 24.7. The van der Waals surface area contributed by atoms with E-state index in [0.29, 0.717) is 11.3 Å². The molecule has 1 aromatic carbocycles. The van der Waals surface area contributed by atoms with Crippen LogP contribution in [0.25, 0.3) is 0 Å². The molecule has 20 heavy (non-hydrogen) atoms. The average Bonchev–Trinajstić information content (AvgIpc) is 2.46. The highest BCUT2D eigenvalue weighted by molar-refractivity contribution is 5.78. The lowest BCUT2D eigenvalue weighted by molar-refractivity contribution is -0.134. The number of aryl methyl sites for hydroxylation is 2. The van der Waals surface area contributed by atoms with Gasteiger partial charge in [0, 0.05) is 18.7 Å². The minimum Gasteiger partial charge on any atom is -0.483 e. The van der Waals surface area contributed by atoms with Crippen molar-refractivity contribution in [3.63, 3.8) is 0 Å². The first kappa shape index (κ1) is 14.6. The van der Waals surface area contributed by atoms with Crippen LogP contribution < -0.4 is 4.74 Å². The molecule has 1 aliphatic rings. The lowest BCUT2D eigenvalue weighted by Gasteiger charge is -2.26. The highest BCUT2D eigenvalue weighted by Crippen LogP contribution is 2.24. The van der Waals surface area contributed by atoms with Crippen LogP contribution in [0.2, 0.25) is 0 Å². The van der Waals surface area contributed by atoms with Gasteiger partial charge in [-0.3, -0.25) is 9.59 Å². The summed E-state index contributed by atoms with van der Waals surface area (Å²) in [7, 11) is 0. The average molecular weight is 275 g/mol. The summed E-state index contributed by atoms with van der Waals surface area (Å²) >= 11 is 0. The van der Waals surface area contributed by atoms with E-state index in [2.05, 4.69) is 0 Å². The maximum Gasteiger partial charge on any atom is 0.260 e. The van der Waals surface area contributed by atoms with Crippen molar-refractivity contribution in [3.05, 3.63) is 28.8 Å². The van der Waals surface area contributed by atoms with Gasteiger partial charge in [-0.15, -0.1) is 0 Å². The van der Waals surface area contributed by atoms with Crippen molar-refractivity contribution < 1.29 is 14.3 Å². The molecular formula is C16H21NO3. The standard InChI is InChI=1S/C16H21NO3/c1-12-8-14(10-18)9-13(2)16(12)20-11-15(19)17-6-4-3-5-7-17/h8-10H,3-7,11H2,1-2H3. The van der Waals surface area contributed by atoms with Crippen LogP contribution >= 0.6 is 0 Å². The summed E-state index contributed by atoms with van der Waals surface area (Å²) < 4.78 is 5.67. The van der Waals surface area contributed by atoms with E-state index >= 15 is 0 Å². The summed E-state index contributed by atoms with van der Waals surface area (Å²) in [6.07, 6.45) is 4.19. The first-order chi connectivity index (χ1) is 9.61. The minimum absolute atomic E-state index is 0.0444. The normalized spacial score (nSPS) is 15.0. The Morgan fingerprint density at radius 3 is 2.35 bits per heavy atom. The molecule has 1 amide bonds. The Bertz CT molecular complexity index is 481. The first-order valence-corrected chi connectivity index (χ1v) is 7.09. The van der Waals surface area contributed by atoms with Crippen molar-refractivity contribution in [2.24, 2.45) is 0 Å². The van der Waals surface area contributed by atoms with Gasteiger partial charge in [-0.2, -0.15) is 0 Å².